The van der Waals surface area contributed by atoms with E-state index >= 15 is 0 Å². The third-order valence-electron chi connectivity index (χ3n) is 1.38. The lowest BCUT2D eigenvalue weighted by Crippen LogP contribution is -2.04. The van der Waals surface area contributed by atoms with Gasteiger partial charge < -0.3 is 5.73 Å². The van der Waals surface area contributed by atoms with Crippen LogP contribution in [0.25, 0.3) is 0 Å². The molecule has 1 saturated carbocycles. The second kappa shape index (κ2) is 3.20. The van der Waals surface area contributed by atoms with E-state index in [0.717, 1.165) is 5.92 Å². The molecule has 1 aliphatic rings. The third kappa shape index (κ3) is 3.07. The van der Waals surface area contributed by atoms with Crippen LogP contribution in [-0.4, -0.2) is 5.91 Å². The summed E-state index contributed by atoms with van der Waals surface area (Å²) in [5.74, 6) is 0.373. The Bertz CT molecular complexity index is 178. The minimum Gasteiger partial charge on any atom is -0.366 e. The summed E-state index contributed by atoms with van der Waals surface area (Å²) >= 11 is 0. The molecule has 1 rings (SSSR count). The van der Waals surface area contributed by atoms with Crippen LogP contribution >= 0.6 is 0 Å². The van der Waals surface area contributed by atoms with Crippen molar-refractivity contribution in [2.24, 2.45) is 11.7 Å². The molecule has 0 atom stereocenters. The summed E-state index contributed by atoms with van der Waals surface area (Å²) in [5, 5.41) is 0. The molecule has 0 bridgehead atoms. The van der Waals surface area contributed by atoms with Gasteiger partial charge in [-0.1, -0.05) is 18.2 Å². The summed E-state index contributed by atoms with van der Waals surface area (Å²) in [7, 11) is 0. The number of rotatable bonds is 3. The summed E-state index contributed by atoms with van der Waals surface area (Å²) < 4.78 is 0. The molecule has 0 aliphatic heterocycles. The smallest absolute Gasteiger partial charge is 0.241 e. The number of hydrogen-bond acceptors (Lipinski definition) is 1. The van der Waals surface area contributed by atoms with Gasteiger partial charge in [0.1, 0.15) is 0 Å². The Morgan fingerprint density at radius 2 is 2.10 bits per heavy atom. The van der Waals surface area contributed by atoms with Crippen LogP contribution in [0.2, 0.25) is 0 Å². The lowest BCUT2D eigenvalue weighted by atomic mass is 10.3. The van der Waals surface area contributed by atoms with Crippen molar-refractivity contribution in [3.05, 3.63) is 24.3 Å². The fourth-order valence-electron chi connectivity index (χ4n) is 0.660. The molecule has 2 heteroatoms. The van der Waals surface area contributed by atoms with Crippen LogP contribution in [-0.2, 0) is 4.79 Å². The van der Waals surface area contributed by atoms with E-state index in [0.29, 0.717) is 0 Å². The first-order chi connectivity index (χ1) is 4.79. The van der Waals surface area contributed by atoms with Gasteiger partial charge in [-0.2, -0.15) is 0 Å². The van der Waals surface area contributed by atoms with Gasteiger partial charge >= 0.3 is 0 Å². The summed E-state index contributed by atoms with van der Waals surface area (Å²) in [6, 6.07) is 0. The number of nitrogens with two attached hydrogens (primary N) is 1. The average molecular weight is 137 g/mol. The molecule has 10 heavy (non-hydrogen) atoms. The van der Waals surface area contributed by atoms with E-state index in [2.05, 4.69) is 6.08 Å². The summed E-state index contributed by atoms with van der Waals surface area (Å²) in [6.45, 7) is 0. The van der Waals surface area contributed by atoms with E-state index in [4.69, 9.17) is 5.73 Å². The summed E-state index contributed by atoms with van der Waals surface area (Å²) in [4.78, 5) is 10.2. The highest BCUT2D eigenvalue weighted by atomic mass is 16.1. The van der Waals surface area contributed by atoms with E-state index in [1.165, 1.54) is 18.9 Å². The lowest BCUT2D eigenvalue weighted by Gasteiger charge is -1.77. The van der Waals surface area contributed by atoms with Gasteiger partial charge in [-0.05, 0) is 18.8 Å². The van der Waals surface area contributed by atoms with Crippen LogP contribution in [0.15, 0.2) is 24.3 Å². The number of carbonyl (C=O) groups is 1. The molecule has 2 N–H and O–H groups in total. The standard InChI is InChI=1S/C8H11NO/c9-8(10)4-2-1-3-7-5-6-7/h1-4,7H,5-6H2,(H2,9,10). The van der Waals surface area contributed by atoms with Crippen molar-refractivity contribution < 1.29 is 4.79 Å². The zero-order valence-electron chi connectivity index (χ0n) is 5.79. The minimum absolute atomic E-state index is 0.388. The highest BCUT2D eigenvalue weighted by Gasteiger charge is 2.16. The SMILES string of the molecule is NC(=O)C=CC=CC1CC1. The molecule has 1 aliphatic carbocycles. The van der Waals surface area contributed by atoms with Crippen LogP contribution in [0.4, 0.5) is 0 Å². The maximum atomic E-state index is 10.2. The highest BCUT2D eigenvalue weighted by Crippen LogP contribution is 2.29. The van der Waals surface area contributed by atoms with Crippen LogP contribution in [0.3, 0.4) is 0 Å². The second-order valence-corrected chi connectivity index (χ2v) is 2.48. The van der Waals surface area contributed by atoms with Gasteiger partial charge in [-0.15, -0.1) is 0 Å². The van der Waals surface area contributed by atoms with Gasteiger partial charge in [0.15, 0.2) is 0 Å². The minimum atomic E-state index is -0.388. The van der Waals surface area contributed by atoms with E-state index in [9.17, 15) is 4.79 Å². The number of hydrogen-bond donors (Lipinski definition) is 1. The van der Waals surface area contributed by atoms with Gasteiger partial charge in [0.2, 0.25) is 5.91 Å². The summed E-state index contributed by atoms with van der Waals surface area (Å²) in [6.07, 6.45) is 9.60. The van der Waals surface area contributed by atoms with Crippen LogP contribution in [0.1, 0.15) is 12.8 Å². The van der Waals surface area contributed by atoms with Gasteiger partial charge in [-0.25, -0.2) is 0 Å². The monoisotopic (exact) mass is 137 g/mol. The van der Waals surface area contributed by atoms with Crippen LogP contribution in [0.5, 0.6) is 0 Å². The van der Waals surface area contributed by atoms with Crippen molar-refractivity contribution in [2.75, 3.05) is 0 Å². The predicted molar refractivity (Wildman–Crippen MR) is 40.2 cm³/mol. The molecule has 0 radical (unpaired) electrons. The molecule has 54 valence electrons. The maximum Gasteiger partial charge on any atom is 0.241 e. The number of carbonyl (C=O) groups excluding carboxylic acids is 1. The highest BCUT2D eigenvalue weighted by molar-refractivity contribution is 5.85. The van der Waals surface area contributed by atoms with Crippen molar-refractivity contribution in [3.8, 4) is 0 Å². The second-order valence-electron chi connectivity index (χ2n) is 2.48. The zero-order valence-corrected chi connectivity index (χ0v) is 5.79. The zero-order chi connectivity index (χ0) is 7.40. The topological polar surface area (TPSA) is 43.1 Å². The number of primary amides is 1. The Morgan fingerprint density at radius 3 is 2.60 bits per heavy atom. The largest absolute Gasteiger partial charge is 0.366 e. The maximum absolute atomic E-state index is 10.2. The van der Waals surface area contributed by atoms with Crippen molar-refractivity contribution in [2.45, 2.75) is 12.8 Å². The molecule has 0 aromatic rings. The van der Waals surface area contributed by atoms with Crippen molar-refractivity contribution in [1.82, 2.24) is 0 Å². The van der Waals surface area contributed by atoms with Gasteiger partial charge in [0.05, 0.1) is 0 Å². The molecule has 1 amide bonds. The Hall–Kier alpha value is -1.05. The molecule has 2 nitrogen and oxygen atoms in total. The third-order valence-corrected chi connectivity index (χ3v) is 1.38. The summed E-state index contributed by atoms with van der Waals surface area (Å²) in [5.41, 5.74) is 4.87. The quantitative estimate of drug-likeness (QED) is 0.457. The van der Waals surface area contributed by atoms with E-state index in [1.54, 1.807) is 6.08 Å². The van der Waals surface area contributed by atoms with Crippen LogP contribution in [0, 0.1) is 5.92 Å². The predicted octanol–water partition coefficient (Wildman–Crippen LogP) is 0.994. The molecular formula is C8H11NO. The Kier molecular flexibility index (Phi) is 2.26. The molecule has 1 fully saturated rings. The fraction of sp³-hybridized carbons (Fsp3) is 0.375. The Morgan fingerprint density at radius 1 is 1.40 bits per heavy atom. The molecule has 0 aromatic heterocycles. The number of amides is 1. The first-order valence-electron chi connectivity index (χ1n) is 3.43. The van der Waals surface area contributed by atoms with Crippen molar-refractivity contribution in [3.63, 3.8) is 0 Å². The van der Waals surface area contributed by atoms with E-state index in [1.807, 2.05) is 6.08 Å². The van der Waals surface area contributed by atoms with Crippen molar-refractivity contribution in [1.29, 1.82) is 0 Å². The first kappa shape index (κ1) is 7.06. The molecule has 0 heterocycles. The normalized spacial score (nSPS) is 18.8. The Labute approximate surface area is 60.4 Å². The van der Waals surface area contributed by atoms with E-state index < -0.39 is 0 Å². The number of allylic oxidation sites excluding steroid dienone is 3. The fourth-order valence-corrected chi connectivity index (χ4v) is 0.660. The molecule has 0 spiro atoms. The van der Waals surface area contributed by atoms with E-state index in [-0.39, 0.29) is 5.91 Å². The van der Waals surface area contributed by atoms with Crippen LogP contribution < -0.4 is 5.73 Å². The average Bonchev–Trinajstić information content (AvgIpc) is 2.62. The van der Waals surface area contributed by atoms with Gasteiger partial charge in [0.25, 0.3) is 0 Å². The molecule has 0 unspecified atom stereocenters. The van der Waals surface area contributed by atoms with Gasteiger partial charge in [-0.3, -0.25) is 4.79 Å². The molecule has 0 saturated heterocycles. The first-order valence-corrected chi connectivity index (χ1v) is 3.43. The van der Waals surface area contributed by atoms with Gasteiger partial charge in [0, 0.05) is 6.08 Å². The molecular weight excluding hydrogens is 126 g/mol. The Balaban J connectivity index is 2.18. The van der Waals surface area contributed by atoms with Crippen molar-refractivity contribution >= 4 is 5.91 Å². The lowest BCUT2D eigenvalue weighted by molar-refractivity contribution is -0.113. The molecule has 0 aromatic carbocycles.